The fourth-order valence-corrected chi connectivity index (χ4v) is 3.87. The van der Waals surface area contributed by atoms with E-state index in [0.717, 1.165) is 31.0 Å². The maximum Gasteiger partial charge on any atom is 0.316 e. The molecule has 0 saturated heterocycles. The second-order valence-electron chi connectivity index (χ2n) is 6.52. The molecule has 0 aromatic carbocycles. The number of nitrogens with one attached hydrogen (secondary N) is 2. The van der Waals surface area contributed by atoms with Crippen molar-refractivity contribution in [2.24, 2.45) is 5.92 Å². The summed E-state index contributed by atoms with van der Waals surface area (Å²) in [5.41, 5.74) is 0.540. The van der Waals surface area contributed by atoms with E-state index in [0.29, 0.717) is 22.1 Å². The average molecular weight is 377 g/mol. The summed E-state index contributed by atoms with van der Waals surface area (Å²) >= 11 is 1.01. The van der Waals surface area contributed by atoms with Crippen LogP contribution in [0.25, 0.3) is 0 Å². The number of nitriles is 1. The molecule has 1 saturated carbocycles. The Bertz CT molecular complexity index is 769. The molecule has 140 valence electrons. The number of H-pyrrole nitrogens is 1. The van der Waals surface area contributed by atoms with E-state index in [1.54, 1.807) is 6.92 Å². The molecule has 7 nitrogen and oxygen atoms in total. The summed E-state index contributed by atoms with van der Waals surface area (Å²) in [5, 5.41) is 12.4. The summed E-state index contributed by atoms with van der Waals surface area (Å²) in [6.07, 6.45) is 4.33. The van der Waals surface area contributed by atoms with Crippen LogP contribution in [0.3, 0.4) is 0 Å². The summed E-state index contributed by atoms with van der Waals surface area (Å²) in [7, 11) is 0. The summed E-state index contributed by atoms with van der Waals surface area (Å²) in [6.45, 7) is 3.45. The molecule has 2 atom stereocenters. The number of thioether (sulfide) groups is 1. The van der Waals surface area contributed by atoms with Gasteiger partial charge in [-0.15, -0.1) is 0 Å². The molecule has 0 bridgehead atoms. The third kappa shape index (κ3) is 5.63. The molecule has 26 heavy (non-hydrogen) atoms. The zero-order valence-corrected chi connectivity index (χ0v) is 15.8. The molecule has 8 heteroatoms. The van der Waals surface area contributed by atoms with E-state index in [9.17, 15) is 14.4 Å². The van der Waals surface area contributed by atoms with Crippen LogP contribution in [0.4, 0.5) is 0 Å². The number of aromatic amines is 1. The van der Waals surface area contributed by atoms with E-state index in [1.165, 1.54) is 12.5 Å². The number of esters is 1. The lowest BCUT2D eigenvalue weighted by Gasteiger charge is -2.29. The van der Waals surface area contributed by atoms with Crippen molar-refractivity contribution in [1.82, 2.24) is 10.3 Å². The lowest BCUT2D eigenvalue weighted by Crippen LogP contribution is -2.43. The monoisotopic (exact) mass is 377 g/mol. The minimum atomic E-state index is -0.576. The molecule has 1 aliphatic carbocycles. The molecule has 2 N–H and O–H groups in total. The fraction of sp³-hybridized carbons (Fsp3) is 0.556. The number of hydrogen-bond donors (Lipinski definition) is 2. The predicted octanol–water partition coefficient (Wildman–Crippen LogP) is 1.89. The molecule has 0 spiro atoms. The summed E-state index contributed by atoms with van der Waals surface area (Å²) in [4.78, 5) is 37.8. The van der Waals surface area contributed by atoms with Crippen molar-refractivity contribution < 1.29 is 14.3 Å². The van der Waals surface area contributed by atoms with Gasteiger partial charge in [0, 0.05) is 12.1 Å². The number of aromatic nitrogens is 1. The summed E-state index contributed by atoms with van der Waals surface area (Å²) < 4.78 is 4.99. The van der Waals surface area contributed by atoms with Crippen LogP contribution >= 0.6 is 11.8 Å². The minimum Gasteiger partial charge on any atom is -0.455 e. The van der Waals surface area contributed by atoms with E-state index >= 15 is 0 Å². The normalized spacial score (nSPS) is 19.4. The van der Waals surface area contributed by atoms with Gasteiger partial charge in [0.15, 0.2) is 6.61 Å². The first-order valence-electron chi connectivity index (χ1n) is 8.62. The summed E-state index contributed by atoms with van der Waals surface area (Å²) in [6, 6.07) is 3.48. The van der Waals surface area contributed by atoms with Gasteiger partial charge in [0.05, 0.1) is 16.3 Å². The Balaban J connectivity index is 1.80. The molecular weight excluding hydrogens is 354 g/mol. The highest BCUT2D eigenvalue weighted by Gasteiger charge is 2.23. The van der Waals surface area contributed by atoms with Gasteiger partial charge in [0.1, 0.15) is 6.07 Å². The van der Waals surface area contributed by atoms with Crippen LogP contribution < -0.4 is 10.9 Å². The number of hydrogen-bond acceptors (Lipinski definition) is 6. The van der Waals surface area contributed by atoms with Gasteiger partial charge in [-0.05, 0) is 31.2 Å². The van der Waals surface area contributed by atoms with Crippen molar-refractivity contribution >= 4 is 23.6 Å². The number of carbonyl (C=O) groups is 2. The van der Waals surface area contributed by atoms with Gasteiger partial charge in [-0.3, -0.25) is 14.4 Å². The van der Waals surface area contributed by atoms with Crippen LogP contribution in [0, 0.1) is 24.2 Å². The number of amides is 1. The number of ether oxygens (including phenoxy) is 1. The van der Waals surface area contributed by atoms with E-state index in [4.69, 9.17) is 10.00 Å². The molecule has 1 fully saturated rings. The highest BCUT2D eigenvalue weighted by molar-refractivity contribution is 7.99. The maximum absolute atomic E-state index is 11.9. The van der Waals surface area contributed by atoms with Crippen LogP contribution in [0.2, 0.25) is 0 Å². The molecule has 1 aromatic rings. The van der Waals surface area contributed by atoms with Gasteiger partial charge < -0.3 is 15.0 Å². The topological polar surface area (TPSA) is 112 Å². The van der Waals surface area contributed by atoms with Crippen molar-refractivity contribution in [3.05, 3.63) is 27.5 Å². The van der Waals surface area contributed by atoms with E-state index in [1.807, 2.05) is 6.07 Å². The van der Waals surface area contributed by atoms with Crippen molar-refractivity contribution in [2.45, 2.75) is 50.6 Å². The lowest BCUT2D eigenvalue weighted by molar-refractivity contribution is -0.146. The van der Waals surface area contributed by atoms with Crippen molar-refractivity contribution in [1.29, 1.82) is 5.26 Å². The van der Waals surface area contributed by atoms with Crippen LogP contribution in [-0.2, 0) is 14.3 Å². The first-order valence-corrected chi connectivity index (χ1v) is 9.61. The first-order chi connectivity index (χ1) is 12.4. The standard InChI is InChI=1S/C18H23N3O4S/c1-11-5-3-4-6-14(11)20-16(23)9-25-17(24)10-26-18-13(8-19)12(2)7-15(22)21-18/h7,11,14H,3-6,9-10H2,1-2H3,(H,20,23)(H,21,22)/t11-,14+/m0/s1. The highest BCUT2D eigenvalue weighted by Crippen LogP contribution is 2.23. The Hall–Kier alpha value is -2.27. The molecule has 1 aromatic heterocycles. The smallest absolute Gasteiger partial charge is 0.316 e. The predicted molar refractivity (Wildman–Crippen MR) is 97.8 cm³/mol. The van der Waals surface area contributed by atoms with Crippen molar-refractivity contribution in [3.8, 4) is 6.07 Å². The van der Waals surface area contributed by atoms with Crippen LogP contribution in [0.15, 0.2) is 15.9 Å². The number of aryl methyl sites for hydroxylation is 1. The van der Waals surface area contributed by atoms with E-state index < -0.39 is 5.97 Å². The molecule has 0 unspecified atom stereocenters. The van der Waals surface area contributed by atoms with Gasteiger partial charge in [-0.1, -0.05) is 31.5 Å². The Morgan fingerprint density at radius 2 is 2.15 bits per heavy atom. The van der Waals surface area contributed by atoms with Crippen LogP contribution in [-0.4, -0.2) is 35.3 Å². The van der Waals surface area contributed by atoms with Crippen LogP contribution in [0.5, 0.6) is 0 Å². The molecule has 1 aliphatic rings. The third-order valence-electron chi connectivity index (χ3n) is 4.47. The third-order valence-corrected chi connectivity index (χ3v) is 5.45. The van der Waals surface area contributed by atoms with Crippen molar-refractivity contribution in [3.63, 3.8) is 0 Å². The van der Waals surface area contributed by atoms with Crippen molar-refractivity contribution in [2.75, 3.05) is 12.4 Å². The number of nitrogens with zero attached hydrogens (tertiary/aromatic N) is 1. The number of rotatable bonds is 6. The van der Waals surface area contributed by atoms with Gasteiger partial charge in [-0.2, -0.15) is 5.26 Å². The molecule has 1 amide bonds. The molecule has 0 aliphatic heterocycles. The average Bonchev–Trinajstić information content (AvgIpc) is 2.59. The number of pyridine rings is 1. The SMILES string of the molecule is Cc1cc(=O)[nH]c(SCC(=O)OCC(=O)N[C@@H]2CCCC[C@@H]2C)c1C#N. The molecule has 1 heterocycles. The Morgan fingerprint density at radius 1 is 1.42 bits per heavy atom. The Morgan fingerprint density at radius 3 is 2.85 bits per heavy atom. The van der Waals surface area contributed by atoms with Gasteiger partial charge in [0.25, 0.3) is 5.91 Å². The zero-order valence-electron chi connectivity index (χ0n) is 15.0. The molecule has 2 rings (SSSR count). The molecular formula is C18H23N3O4S. The lowest BCUT2D eigenvalue weighted by atomic mass is 9.86. The van der Waals surface area contributed by atoms with Crippen LogP contribution in [0.1, 0.15) is 43.7 Å². The Kier molecular flexibility index (Phi) is 7.27. The Labute approximate surface area is 156 Å². The van der Waals surface area contributed by atoms with Gasteiger partial charge in [0.2, 0.25) is 5.56 Å². The number of carbonyl (C=O) groups excluding carboxylic acids is 2. The quantitative estimate of drug-likeness (QED) is 0.578. The second kappa shape index (κ2) is 9.43. The summed E-state index contributed by atoms with van der Waals surface area (Å²) in [5.74, 6) is -0.542. The largest absolute Gasteiger partial charge is 0.455 e. The highest BCUT2D eigenvalue weighted by atomic mass is 32.2. The molecule has 0 radical (unpaired) electrons. The maximum atomic E-state index is 11.9. The van der Waals surface area contributed by atoms with Gasteiger partial charge in [-0.25, -0.2) is 0 Å². The fourth-order valence-electron chi connectivity index (χ4n) is 3.00. The van der Waals surface area contributed by atoms with Gasteiger partial charge >= 0.3 is 5.97 Å². The first kappa shape index (κ1) is 20.0. The van der Waals surface area contributed by atoms with E-state index in [-0.39, 0.29) is 29.9 Å². The minimum absolute atomic E-state index is 0.0960. The zero-order chi connectivity index (χ0) is 19.1. The van der Waals surface area contributed by atoms with E-state index in [2.05, 4.69) is 17.2 Å². The second-order valence-corrected chi connectivity index (χ2v) is 7.50.